The first-order valence-corrected chi connectivity index (χ1v) is 11.0. The van der Waals surface area contributed by atoms with Crippen LogP contribution in [0.2, 0.25) is 5.02 Å². The van der Waals surface area contributed by atoms with Crippen LogP contribution in [-0.4, -0.2) is 42.7 Å². The molecule has 2 aromatic rings. The summed E-state index contributed by atoms with van der Waals surface area (Å²) in [5, 5.41) is 0.763. The lowest BCUT2D eigenvalue weighted by atomic mass is 9.91. The lowest BCUT2D eigenvalue weighted by molar-refractivity contribution is -0.129. The van der Waals surface area contributed by atoms with Crippen molar-refractivity contribution in [2.45, 2.75) is 31.6 Å². The third kappa shape index (κ3) is 4.63. The Hall–Kier alpha value is -2.09. The zero-order valence-corrected chi connectivity index (χ0v) is 18.7. The average Bonchev–Trinajstić information content (AvgIpc) is 3.07. The number of hydrogen-bond acceptors (Lipinski definition) is 5. The van der Waals surface area contributed by atoms with Gasteiger partial charge in [-0.15, -0.1) is 0 Å². The third-order valence-electron chi connectivity index (χ3n) is 5.71. The van der Waals surface area contributed by atoms with Gasteiger partial charge in [0.2, 0.25) is 0 Å². The maximum absolute atomic E-state index is 12.6. The second-order valence-electron chi connectivity index (χ2n) is 7.72. The fourth-order valence-corrected chi connectivity index (χ4v) is 4.59. The summed E-state index contributed by atoms with van der Waals surface area (Å²) < 4.78 is 11.6. The number of halogens is 2. The molecule has 0 atom stereocenters. The number of ether oxygens (including phenoxy) is 2. The third-order valence-corrected chi connectivity index (χ3v) is 6.57. The number of anilines is 1. The lowest BCUT2D eigenvalue weighted by Gasteiger charge is -2.37. The van der Waals surface area contributed by atoms with Gasteiger partial charge >= 0.3 is 6.09 Å². The molecule has 1 amide bonds. The highest BCUT2D eigenvalue weighted by atomic mass is 79.9. The number of carbonyl (C=O) groups excluding carboxylic acids is 2. The molecule has 1 spiro atoms. The van der Waals surface area contributed by atoms with Crippen LogP contribution in [0.1, 0.15) is 24.0 Å². The highest BCUT2D eigenvalue weighted by Gasteiger charge is 2.47. The molecule has 8 heteroatoms. The second kappa shape index (κ2) is 8.96. The Morgan fingerprint density at radius 3 is 2.60 bits per heavy atom. The van der Waals surface area contributed by atoms with E-state index < -0.39 is 5.60 Å². The van der Waals surface area contributed by atoms with Crippen molar-refractivity contribution in [2.24, 2.45) is 0 Å². The van der Waals surface area contributed by atoms with E-state index in [1.807, 2.05) is 42.5 Å². The number of benzene rings is 2. The molecule has 0 unspecified atom stereocenters. The molecule has 0 aromatic heterocycles. The highest BCUT2D eigenvalue weighted by molar-refractivity contribution is 9.10. The van der Waals surface area contributed by atoms with E-state index in [2.05, 4.69) is 20.8 Å². The number of carbonyl (C=O) groups is 2. The minimum absolute atomic E-state index is 0.218. The minimum atomic E-state index is -0.450. The molecule has 2 aliphatic heterocycles. The molecule has 2 fully saturated rings. The zero-order chi connectivity index (χ0) is 21.1. The van der Waals surface area contributed by atoms with Crippen LogP contribution in [-0.2, 0) is 27.4 Å². The molecule has 0 N–H and O–H groups in total. The molecule has 0 aliphatic carbocycles. The van der Waals surface area contributed by atoms with Gasteiger partial charge in [0.1, 0.15) is 12.2 Å². The summed E-state index contributed by atoms with van der Waals surface area (Å²) in [7, 11) is 0. The predicted octanol–water partition coefficient (Wildman–Crippen LogP) is 4.77. The van der Waals surface area contributed by atoms with Crippen LogP contribution >= 0.6 is 27.5 Å². The van der Waals surface area contributed by atoms with E-state index in [4.69, 9.17) is 21.1 Å². The van der Waals surface area contributed by atoms with Gasteiger partial charge in [0, 0.05) is 47.7 Å². The zero-order valence-electron chi connectivity index (χ0n) is 16.4. The van der Waals surface area contributed by atoms with Gasteiger partial charge in [0.05, 0.1) is 6.54 Å². The number of hydrogen-bond donors (Lipinski definition) is 0. The quantitative estimate of drug-likeness (QED) is 0.543. The average molecular weight is 494 g/mol. The summed E-state index contributed by atoms with van der Waals surface area (Å²) in [6.45, 7) is 3.64. The predicted molar refractivity (Wildman–Crippen MR) is 118 cm³/mol. The standard InChI is InChI=1S/C22H22BrClN2O4/c23-18-3-6-20(24)17(11-18)12-25-9-7-22(8-10-25)14-26(21(28)30-22)19-4-1-16(2-5-19)13-29-15-27/h1-6,11,15H,7-10,12-14H2. The van der Waals surface area contributed by atoms with Gasteiger partial charge in [-0.25, -0.2) is 4.79 Å². The number of nitrogens with zero attached hydrogens (tertiary/aromatic N) is 2. The summed E-state index contributed by atoms with van der Waals surface area (Å²) in [4.78, 5) is 26.9. The number of piperidine rings is 1. The van der Waals surface area contributed by atoms with Crippen molar-refractivity contribution in [3.8, 4) is 0 Å². The van der Waals surface area contributed by atoms with Gasteiger partial charge in [-0.1, -0.05) is 39.7 Å². The number of rotatable bonds is 6. The molecule has 2 heterocycles. The first kappa shape index (κ1) is 21.2. The van der Waals surface area contributed by atoms with Crippen molar-refractivity contribution in [2.75, 3.05) is 24.5 Å². The minimum Gasteiger partial charge on any atom is -0.463 e. The first-order chi connectivity index (χ1) is 14.5. The van der Waals surface area contributed by atoms with Gasteiger partial charge in [-0.05, 0) is 41.5 Å². The van der Waals surface area contributed by atoms with Gasteiger partial charge in [0.15, 0.2) is 0 Å². The van der Waals surface area contributed by atoms with E-state index in [0.29, 0.717) is 13.0 Å². The first-order valence-electron chi connectivity index (χ1n) is 9.79. The van der Waals surface area contributed by atoms with Crippen molar-refractivity contribution in [1.82, 2.24) is 4.90 Å². The Balaban J connectivity index is 1.37. The molecule has 6 nitrogen and oxygen atoms in total. The molecule has 158 valence electrons. The van der Waals surface area contributed by atoms with Gasteiger partial charge < -0.3 is 9.47 Å². The highest BCUT2D eigenvalue weighted by Crippen LogP contribution is 2.36. The van der Waals surface area contributed by atoms with Crippen LogP contribution in [0, 0.1) is 0 Å². The van der Waals surface area contributed by atoms with E-state index in [1.54, 1.807) is 4.90 Å². The SMILES string of the molecule is O=COCc1ccc(N2CC3(CCN(Cc4cc(Br)ccc4Cl)CC3)OC2=O)cc1. The molecule has 0 radical (unpaired) electrons. The lowest BCUT2D eigenvalue weighted by Crippen LogP contribution is -2.46. The molecular weight excluding hydrogens is 472 g/mol. The number of likely N-dealkylation sites (tertiary alicyclic amines) is 1. The van der Waals surface area contributed by atoms with Gasteiger partial charge in [0.25, 0.3) is 6.47 Å². The monoisotopic (exact) mass is 492 g/mol. The summed E-state index contributed by atoms with van der Waals surface area (Å²) in [5.74, 6) is 0. The Morgan fingerprint density at radius 1 is 1.17 bits per heavy atom. The van der Waals surface area contributed by atoms with Crippen LogP contribution in [0.3, 0.4) is 0 Å². The maximum Gasteiger partial charge on any atom is 0.415 e. The van der Waals surface area contributed by atoms with E-state index in [0.717, 1.165) is 58.8 Å². The van der Waals surface area contributed by atoms with Crippen LogP contribution in [0.4, 0.5) is 10.5 Å². The summed E-state index contributed by atoms with van der Waals surface area (Å²) >= 11 is 9.83. The fraction of sp³-hybridized carbons (Fsp3) is 0.364. The fourth-order valence-electron chi connectivity index (χ4n) is 4.01. The Morgan fingerprint density at radius 2 is 1.90 bits per heavy atom. The Bertz CT molecular complexity index is 929. The smallest absolute Gasteiger partial charge is 0.415 e. The Labute approximate surface area is 188 Å². The van der Waals surface area contributed by atoms with Gasteiger partial charge in [-0.3, -0.25) is 14.6 Å². The van der Waals surface area contributed by atoms with Crippen molar-refractivity contribution >= 4 is 45.8 Å². The summed E-state index contributed by atoms with van der Waals surface area (Å²) in [6.07, 6.45) is 1.26. The molecule has 0 bridgehead atoms. The van der Waals surface area contributed by atoms with Crippen LogP contribution in [0.5, 0.6) is 0 Å². The van der Waals surface area contributed by atoms with Crippen molar-refractivity contribution in [3.05, 3.63) is 63.1 Å². The maximum atomic E-state index is 12.6. The van der Waals surface area contributed by atoms with E-state index in [1.165, 1.54) is 0 Å². The second-order valence-corrected chi connectivity index (χ2v) is 9.05. The van der Waals surface area contributed by atoms with Crippen LogP contribution in [0.25, 0.3) is 0 Å². The van der Waals surface area contributed by atoms with Crippen LogP contribution < -0.4 is 4.90 Å². The molecular formula is C22H22BrClN2O4. The molecule has 2 aromatic carbocycles. The topological polar surface area (TPSA) is 59.1 Å². The van der Waals surface area contributed by atoms with E-state index in [-0.39, 0.29) is 12.7 Å². The van der Waals surface area contributed by atoms with Crippen molar-refractivity contribution in [3.63, 3.8) is 0 Å². The molecule has 4 rings (SSSR count). The van der Waals surface area contributed by atoms with Crippen LogP contribution in [0.15, 0.2) is 46.9 Å². The summed E-state index contributed by atoms with van der Waals surface area (Å²) in [5.41, 5.74) is 2.29. The normalized spacial score (nSPS) is 18.5. The van der Waals surface area contributed by atoms with Gasteiger partial charge in [-0.2, -0.15) is 0 Å². The number of amides is 1. The molecule has 2 aliphatic rings. The van der Waals surface area contributed by atoms with Crippen molar-refractivity contribution in [1.29, 1.82) is 0 Å². The molecule has 2 saturated heterocycles. The largest absolute Gasteiger partial charge is 0.463 e. The molecule has 0 saturated carbocycles. The molecule has 30 heavy (non-hydrogen) atoms. The van der Waals surface area contributed by atoms with Crippen molar-refractivity contribution < 1.29 is 19.1 Å². The van der Waals surface area contributed by atoms with E-state index >= 15 is 0 Å². The Kier molecular flexibility index (Phi) is 6.32. The summed E-state index contributed by atoms with van der Waals surface area (Å²) in [6, 6.07) is 13.3. The van der Waals surface area contributed by atoms with E-state index in [9.17, 15) is 9.59 Å².